The minimum absolute atomic E-state index is 0.265. The molecule has 2 aromatic rings. The van der Waals surface area contributed by atoms with E-state index in [4.69, 9.17) is 34.8 Å². The molecule has 0 aliphatic carbocycles. The van der Waals surface area contributed by atoms with Gasteiger partial charge in [0.1, 0.15) is 0 Å². The third kappa shape index (κ3) is 4.05. The fraction of sp³-hybridized carbons (Fsp3) is 0.176. The average molecular weight is 370 g/mol. The van der Waals surface area contributed by atoms with Gasteiger partial charge in [0, 0.05) is 11.1 Å². The van der Waals surface area contributed by atoms with Crippen molar-refractivity contribution in [2.45, 2.75) is 20.8 Å². The molecule has 2 aromatic carbocycles. The lowest BCUT2D eigenvalue weighted by Gasteiger charge is -2.08. The Morgan fingerprint density at radius 3 is 2.30 bits per heavy atom. The van der Waals surface area contributed by atoms with Crippen LogP contribution in [0, 0.1) is 13.8 Å². The van der Waals surface area contributed by atoms with Crippen LogP contribution in [0.1, 0.15) is 34.0 Å². The predicted octanol–water partition coefficient (Wildman–Crippen LogP) is 5.42. The lowest BCUT2D eigenvalue weighted by atomic mass is 10.1. The SMILES string of the molecule is C/C(=N\NC(=O)c1ccc(C)cc1C)c1ccc(Cl)c(Cl)c1Cl. The lowest BCUT2D eigenvalue weighted by molar-refractivity contribution is 0.0954. The van der Waals surface area contributed by atoms with E-state index in [9.17, 15) is 4.79 Å². The third-order valence-electron chi connectivity index (χ3n) is 3.38. The van der Waals surface area contributed by atoms with Gasteiger partial charge in [0.05, 0.1) is 20.8 Å². The summed E-state index contributed by atoms with van der Waals surface area (Å²) in [5.41, 5.74) is 6.25. The Hall–Kier alpha value is -1.55. The molecule has 6 heteroatoms. The van der Waals surface area contributed by atoms with E-state index in [2.05, 4.69) is 10.5 Å². The largest absolute Gasteiger partial charge is 0.271 e. The lowest BCUT2D eigenvalue weighted by Crippen LogP contribution is -2.20. The third-order valence-corrected chi connectivity index (χ3v) is 4.67. The van der Waals surface area contributed by atoms with Crippen LogP contribution in [0.25, 0.3) is 0 Å². The number of aryl methyl sites for hydroxylation is 2. The first-order chi connectivity index (χ1) is 10.8. The highest BCUT2D eigenvalue weighted by molar-refractivity contribution is 6.49. The van der Waals surface area contributed by atoms with Gasteiger partial charge in [0.15, 0.2) is 0 Å². The first-order valence-corrected chi connectivity index (χ1v) is 8.00. The second-order valence-corrected chi connectivity index (χ2v) is 6.34. The number of amides is 1. The molecule has 120 valence electrons. The van der Waals surface area contributed by atoms with Crippen molar-refractivity contribution >= 4 is 46.4 Å². The van der Waals surface area contributed by atoms with Crippen molar-refractivity contribution in [2.75, 3.05) is 0 Å². The first-order valence-electron chi connectivity index (χ1n) is 6.87. The molecule has 0 aliphatic heterocycles. The van der Waals surface area contributed by atoms with Crippen molar-refractivity contribution < 1.29 is 4.79 Å². The highest BCUT2D eigenvalue weighted by Crippen LogP contribution is 2.32. The maximum absolute atomic E-state index is 12.2. The van der Waals surface area contributed by atoms with Crippen molar-refractivity contribution in [1.29, 1.82) is 0 Å². The van der Waals surface area contributed by atoms with Gasteiger partial charge >= 0.3 is 0 Å². The van der Waals surface area contributed by atoms with Crippen LogP contribution in [0.15, 0.2) is 35.4 Å². The average Bonchev–Trinajstić information content (AvgIpc) is 2.50. The fourth-order valence-electron chi connectivity index (χ4n) is 2.13. The summed E-state index contributed by atoms with van der Waals surface area (Å²) < 4.78 is 0. The normalized spacial score (nSPS) is 11.5. The van der Waals surface area contributed by atoms with Crippen LogP contribution < -0.4 is 5.43 Å². The molecule has 0 unspecified atom stereocenters. The zero-order valence-electron chi connectivity index (χ0n) is 12.9. The summed E-state index contributed by atoms with van der Waals surface area (Å²) in [5.74, 6) is -0.280. The Bertz CT molecular complexity index is 801. The van der Waals surface area contributed by atoms with Gasteiger partial charge in [-0.1, -0.05) is 58.6 Å². The first kappa shape index (κ1) is 17.8. The molecule has 1 N–H and O–H groups in total. The summed E-state index contributed by atoms with van der Waals surface area (Å²) in [6, 6.07) is 8.95. The molecular weight excluding hydrogens is 355 g/mol. The second kappa shape index (κ2) is 7.35. The summed E-state index contributed by atoms with van der Waals surface area (Å²) >= 11 is 18.1. The van der Waals surface area contributed by atoms with E-state index in [0.29, 0.717) is 26.9 Å². The van der Waals surface area contributed by atoms with E-state index in [-0.39, 0.29) is 10.9 Å². The molecule has 0 atom stereocenters. The highest BCUT2D eigenvalue weighted by Gasteiger charge is 2.12. The molecule has 0 aromatic heterocycles. The minimum atomic E-state index is -0.280. The van der Waals surface area contributed by atoms with E-state index < -0.39 is 0 Å². The molecule has 2 rings (SSSR count). The number of benzene rings is 2. The van der Waals surface area contributed by atoms with Crippen molar-refractivity contribution in [3.05, 3.63) is 67.7 Å². The molecule has 0 heterocycles. The predicted molar refractivity (Wildman–Crippen MR) is 97.1 cm³/mol. The molecule has 3 nitrogen and oxygen atoms in total. The van der Waals surface area contributed by atoms with Crippen molar-refractivity contribution in [3.63, 3.8) is 0 Å². The maximum Gasteiger partial charge on any atom is 0.271 e. The molecule has 0 fully saturated rings. The number of hydrogen-bond donors (Lipinski definition) is 1. The minimum Gasteiger partial charge on any atom is -0.267 e. The zero-order chi connectivity index (χ0) is 17.1. The summed E-state index contributed by atoms with van der Waals surface area (Å²) in [6.45, 7) is 5.59. The topological polar surface area (TPSA) is 41.5 Å². The Balaban J connectivity index is 2.22. The number of carbonyl (C=O) groups is 1. The van der Waals surface area contributed by atoms with Gasteiger partial charge in [-0.05, 0) is 38.5 Å². The number of hydrogen-bond acceptors (Lipinski definition) is 2. The van der Waals surface area contributed by atoms with Gasteiger partial charge in [-0.2, -0.15) is 5.10 Å². The Morgan fingerprint density at radius 2 is 1.65 bits per heavy atom. The monoisotopic (exact) mass is 368 g/mol. The number of hydrazone groups is 1. The number of nitrogens with one attached hydrogen (secondary N) is 1. The van der Waals surface area contributed by atoms with Gasteiger partial charge in [-0.3, -0.25) is 4.79 Å². The smallest absolute Gasteiger partial charge is 0.267 e. The van der Waals surface area contributed by atoms with E-state index in [1.165, 1.54) is 0 Å². The highest BCUT2D eigenvalue weighted by atomic mass is 35.5. The summed E-state index contributed by atoms with van der Waals surface area (Å²) in [4.78, 5) is 12.2. The van der Waals surface area contributed by atoms with Gasteiger partial charge in [-0.15, -0.1) is 0 Å². The van der Waals surface area contributed by atoms with Gasteiger partial charge < -0.3 is 0 Å². The Morgan fingerprint density at radius 1 is 1.00 bits per heavy atom. The molecule has 0 spiro atoms. The van der Waals surface area contributed by atoms with Crippen molar-refractivity contribution in [2.24, 2.45) is 5.10 Å². The second-order valence-electron chi connectivity index (χ2n) is 5.18. The van der Waals surface area contributed by atoms with E-state index in [1.807, 2.05) is 26.0 Å². The maximum atomic E-state index is 12.2. The van der Waals surface area contributed by atoms with Crippen LogP contribution in [0.5, 0.6) is 0 Å². The number of carbonyl (C=O) groups excluding carboxylic acids is 1. The quantitative estimate of drug-likeness (QED) is 0.438. The molecule has 23 heavy (non-hydrogen) atoms. The van der Waals surface area contributed by atoms with Gasteiger partial charge in [0.25, 0.3) is 5.91 Å². The van der Waals surface area contributed by atoms with Gasteiger partial charge in [0.2, 0.25) is 0 Å². The van der Waals surface area contributed by atoms with E-state index >= 15 is 0 Å². The van der Waals surface area contributed by atoms with E-state index in [0.717, 1.165) is 11.1 Å². The molecule has 0 bridgehead atoms. The number of halogens is 3. The molecule has 0 saturated heterocycles. The van der Waals surface area contributed by atoms with Crippen LogP contribution in [-0.2, 0) is 0 Å². The molecule has 1 amide bonds. The van der Waals surface area contributed by atoms with Crippen molar-refractivity contribution in [1.82, 2.24) is 5.43 Å². The number of nitrogens with zero attached hydrogens (tertiary/aromatic N) is 1. The molecule has 0 aliphatic rings. The Labute approximate surface area is 150 Å². The van der Waals surface area contributed by atoms with Crippen LogP contribution in [0.4, 0.5) is 0 Å². The Kier molecular flexibility index (Phi) is 5.69. The van der Waals surface area contributed by atoms with Gasteiger partial charge in [-0.25, -0.2) is 5.43 Å². The standard InChI is InChI=1S/C17H15Cl3N2O/c1-9-4-5-12(10(2)8-9)17(23)22-21-11(3)13-6-7-14(18)16(20)15(13)19/h4-8H,1-3H3,(H,22,23)/b21-11+. The van der Waals surface area contributed by atoms with Crippen LogP contribution >= 0.6 is 34.8 Å². The summed E-state index contributed by atoms with van der Waals surface area (Å²) in [7, 11) is 0. The zero-order valence-corrected chi connectivity index (χ0v) is 15.1. The van der Waals surface area contributed by atoms with Crippen LogP contribution in [0.3, 0.4) is 0 Å². The summed E-state index contributed by atoms with van der Waals surface area (Å²) in [5, 5.41) is 5.04. The van der Waals surface area contributed by atoms with Crippen LogP contribution in [-0.4, -0.2) is 11.6 Å². The molecular formula is C17H15Cl3N2O. The van der Waals surface area contributed by atoms with E-state index in [1.54, 1.807) is 25.1 Å². The van der Waals surface area contributed by atoms with Crippen LogP contribution in [0.2, 0.25) is 15.1 Å². The fourth-order valence-corrected chi connectivity index (χ4v) is 2.80. The number of rotatable bonds is 3. The molecule has 0 saturated carbocycles. The van der Waals surface area contributed by atoms with Crippen molar-refractivity contribution in [3.8, 4) is 0 Å². The molecule has 0 radical (unpaired) electrons. The summed E-state index contributed by atoms with van der Waals surface area (Å²) in [6.07, 6.45) is 0.